The maximum Gasteiger partial charge on any atom is 0.259 e. The normalized spacial score (nSPS) is 17.0. The van der Waals surface area contributed by atoms with Gasteiger partial charge in [0.15, 0.2) is 0 Å². The molecule has 2 aliphatic heterocycles. The van der Waals surface area contributed by atoms with E-state index in [9.17, 15) is 14.4 Å². The number of hydrogen-bond acceptors (Lipinski definition) is 4. The maximum absolute atomic E-state index is 12.7. The van der Waals surface area contributed by atoms with Crippen LogP contribution in [-0.4, -0.2) is 67.4 Å². The predicted octanol–water partition coefficient (Wildman–Crippen LogP) is 1.50. The lowest BCUT2D eigenvalue weighted by Gasteiger charge is -2.32. The Morgan fingerprint density at radius 1 is 1.21 bits per heavy atom. The third kappa shape index (κ3) is 4.25. The lowest BCUT2D eigenvalue weighted by atomic mass is 9.96. The molecule has 0 aliphatic carbocycles. The van der Waals surface area contributed by atoms with Gasteiger partial charge in [-0.2, -0.15) is 0 Å². The average molecular weight is 385 g/mol. The van der Waals surface area contributed by atoms with E-state index >= 15 is 0 Å². The van der Waals surface area contributed by atoms with Crippen LogP contribution in [0.15, 0.2) is 30.8 Å². The summed E-state index contributed by atoms with van der Waals surface area (Å²) < 4.78 is 4.97. The van der Waals surface area contributed by atoms with Crippen molar-refractivity contribution in [3.8, 4) is 0 Å². The lowest BCUT2D eigenvalue weighted by molar-refractivity contribution is -0.135. The fourth-order valence-electron chi connectivity index (χ4n) is 3.70. The number of hydrogen-bond donors (Lipinski definition) is 1. The molecule has 2 heterocycles. The molecular formula is C21H27N3O4. The minimum absolute atomic E-state index is 0.0137. The van der Waals surface area contributed by atoms with Crippen LogP contribution >= 0.6 is 0 Å². The van der Waals surface area contributed by atoms with Gasteiger partial charge in [0.05, 0.1) is 0 Å². The summed E-state index contributed by atoms with van der Waals surface area (Å²) in [7, 11) is 1.64. The van der Waals surface area contributed by atoms with Crippen molar-refractivity contribution in [3.63, 3.8) is 0 Å². The highest BCUT2D eigenvalue weighted by Gasteiger charge is 2.34. The topological polar surface area (TPSA) is 79.0 Å². The van der Waals surface area contributed by atoms with Gasteiger partial charge in [-0.25, -0.2) is 0 Å². The van der Waals surface area contributed by atoms with Crippen molar-refractivity contribution in [1.82, 2.24) is 15.1 Å². The smallest absolute Gasteiger partial charge is 0.259 e. The van der Waals surface area contributed by atoms with Gasteiger partial charge in [0, 0.05) is 56.1 Å². The van der Waals surface area contributed by atoms with E-state index in [0.717, 1.165) is 12.0 Å². The molecule has 0 saturated carbocycles. The van der Waals surface area contributed by atoms with Crippen LogP contribution in [0.2, 0.25) is 0 Å². The molecule has 2 aliphatic rings. The van der Waals surface area contributed by atoms with Gasteiger partial charge < -0.3 is 15.0 Å². The highest BCUT2D eigenvalue weighted by atomic mass is 16.5. The number of carbonyl (C=O) groups excluding carboxylic acids is 3. The second kappa shape index (κ2) is 9.01. The third-order valence-corrected chi connectivity index (χ3v) is 5.38. The van der Waals surface area contributed by atoms with Crippen LogP contribution < -0.4 is 5.32 Å². The Balaban J connectivity index is 1.48. The van der Waals surface area contributed by atoms with Crippen LogP contribution in [0, 0.1) is 5.92 Å². The summed E-state index contributed by atoms with van der Waals surface area (Å²) in [6.45, 7) is 6.24. The quantitative estimate of drug-likeness (QED) is 0.722. The molecule has 3 amide bonds. The summed E-state index contributed by atoms with van der Waals surface area (Å²) in [5, 5.41) is 2.92. The van der Waals surface area contributed by atoms with Gasteiger partial charge in [-0.05, 0) is 25.3 Å². The molecule has 3 rings (SSSR count). The molecule has 0 unspecified atom stereocenters. The first-order chi connectivity index (χ1) is 13.5. The molecule has 0 radical (unpaired) electrons. The number of nitrogens with zero attached hydrogens (tertiary/aromatic N) is 2. The zero-order valence-corrected chi connectivity index (χ0v) is 16.3. The van der Waals surface area contributed by atoms with E-state index in [1.807, 2.05) is 12.1 Å². The molecule has 1 fully saturated rings. The number of rotatable bonds is 7. The predicted molar refractivity (Wildman–Crippen MR) is 105 cm³/mol. The number of ether oxygens (including phenoxy) is 1. The highest BCUT2D eigenvalue weighted by Crippen LogP contribution is 2.31. The van der Waals surface area contributed by atoms with Crippen molar-refractivity contribution in [3.05, 3.63) is 42.0 Å². The first kappa shape index (κ1) is 20.1. The van der Waals surface area contributed by atoms with Gasteiger partial charge in [-0.3, -0.25) is 19.3 Å². The molecule has 1 aromatic rings. The maximum atomic E-state index is 12.7. The number of piperidine rings is 1. The van der Waals surface area contributed by atoms with E-state index in [-0.39, 0.29) is 30.2 Å². The Bertz CT molecular complexity index is 734. The van der Waals surface area contributed by atoms with Crippen LogP contribution in [0.25, 0.3) is 5.70 Å². The van der Waals surface area contributed by atoms with Crippen molar-refractivity contribution in [2.75, 3.05) is 39.9 Å². The Labute approximate surface area is 165 Å². The summed E-state index contributed by atoms with van der Waals surface area (Å²) in [4.78, 5) is 40.6. The third-order valence-electron chi connectivity index (χ3n) is 5.38. The Kier molecular flexibility index (Phi) is 6.46. The molecule has 0 bridgehead atoms. The number of benzene rings is 1. The summed E-state index contributed by atoms with van der Waals surface area (Å²) >= 11 is 0. The van der Waals surface area contributed by atoms with Crippen LogP contribution in [0.3, 0.4) is 0 Å². The van der Waals surface area contributed by atoms with Gasteiger partial charge >= 0.3 is 0 Å². The van der Waals surface area contributed by atoms with Gasteiger partial charge in [0.2, 0.25) is 11.8 Å². The van der Waals surface area contributed by atoms with E-state index < -0.39 is 0 Å². The van der Waals surface area contributed by atoms with Crippen LogP contribution in [0.1, 0.15) is 35.2 Å². The zero-order valence-electron chi connectivity index (χ0n) is 16.3. The molecule has 7 nitrogen and oxygen atoms in total. The van der Waals surface area contributed by atoms with Crippen molar-refractivity contribution < 1.29 is 19.1 Å². The van der Waals surface area contributed by atoms with Crippen molar-refractivity contribution >= 4 is 23.4 Å². The molecule has 7 heteroatoms. The van der Waals surface area contributed by atoms with Gasteiger partial charge in [0.1, 0.15) is 6.54 Å². The highest BCUT2D eigenvalue weighted by molar-refractivity contribution is 6.10. The van der Waals surface area contributed by atoms with Crippen molar-refractivity contribution in [2.24, 2.45) is 5.92 Å². The molecule has 1 saturated heterocycles. The van der Waals surface area contributed by atoms with E-state index in [1.54, 1.807) is 24.1 Å². The fourth-order valence-corrected chi connectivity index (χ4v) is 3.70. The molecule has 0 aromatic heterocycles. The monoisotopic (exact) mass is 385 g/mol. The number of methoxy groups -OCH3 is 1. The Hall–Kier alpha value is -2.67. The average Bonchev–Trinajstić information content (AvgIpc) is 2.96. The lowest BCUT2D eigenvalue weighted by Crippen LogP contribution is -2.46. The molecule has 28 heavy (non-hydrogen) atoms. The number of carbonyl (C=O) groups is 3. The summed E-state index contributed by atoms with van der Waals surface area (Å²) in [5.74, 6) is -0.318. The molecular weight excluding hydrogens is 358 g/mol. The minimum Gasteiger partial charge on any atom is -0.385 e. The number of likely N-dealkylation sites (tertiary alicyclic amines) is 1. The Morgan fingerprint density at radius 2 is 1.89 bits per heavy atom. The SMILES string of the molecule is C=C1c2ccccc2C(=O)N1CC(=O)N1CCC(C(=O)NCCCOC)CC1. The first-order valence-electron chi connectivity index (χ1n) is 9.67. The van der Waals surface area contributed by atoms with E-state index in [0.29, 0.717) is 50.3 Å². The van der Waals surface area contributed by atoms with E-state index in [4.69, 9.17) is 4.74 Å². The fraction of sp³-hybridized carbons (Fsp3) is 0.476. The van der Waals surface area contributed by atoms with Crippen LogP contribution in [0.4, 0.5) is 0 Å². The summed E-state index contributed by atoms with van der Waals surface area (Å²) in [5.41, 5.74) is 1.94. The van der Waals surface area contributed by atoms with Crippen LogP contribution in [0.5, 0.6) is 0 Å². The summed E-state index contributed by atoms with van der Waals surface area (Å²) in [6, 6.07) is 7.26. The van der Waals surface area contributed by atoms with Gasteiger partial charge in [0.25, 0.3) is 5.91 Å². The minimum atomic E-state index is -0.181. The summed E-state index contributed by atoms with van der Waals surface area (Å²) in [6.07, 6.45) is 2.06. The zero-order chi connectivity index (χ0) is 20.1. The molecule has 150 valence electrons. The number of fused-ring (bicyclic) bond motifs is 1. The van der Waals surface area contributed by atoms with Gasteiger partial charge in [-0.15, -0.1) is 0 Å². The van der Waals surface area contributed by atoms with Crippen molar-refractivity contribution in [2.45, 2.75) is 19.3 Å². The number of nitrogens with one attached hydrogen (secondary N) is 1. The molecule has 0 atom stereocenters. The largest absolute Gasteiger partial charge is 0.385 e. The molecule has 1 N–H and O–H groups in total. The van der Waals surface area contributed by atoms with E-state index in [1.165, 1.54) is 4.90 Å². The molecule has 1 aromatic carbocycles. The Morgan fingerprint density at radius 3 is 2.54 bits per heavy atom. The molecule has 0 spiro atoms. The second-order valence-corrected chi connectivity index (χ2v) is 7.18. The van der Waals surface area contributed by atoms with Crippen LogP contribution in [-0.2, 0) is 14.3 Å². The van der Waals surface area contributed by atoms with Gasteiger partial charge in [-0.1, -0.05) is 24.8 Å². The van der Waals surface area contributed by atoms with Crippen molar-refractivity contribution in [1.29, 1.82) is 0 Å². The first-order valence-corrected chi connectivity index (χ1v) is 9.67. The number of amides is 3. The second-order valence-electron chi connectivity index (χ2n) is 7.18. The standard InChI is InChI=1S/C21H27N3O4/c1-15-17-6-3-4-7-18(17)21(27)24(15)14-19(25)23-11-8-16(9-12-23)20(26)22-10-5-13-28-2/h3-4,6-7,16H,1,5,8-14H2,2H3,(H,22,26). The van der Waals surface area contributed by atoms with E-state index in [2.05, 4.69) is 11.9 Å².